The van der Waals surface area contributed by atoms with Crippen LogP contribution in [0.1, 0.15) is 13.3 Å². The van der Waals surface area contributed by atoms with Crippen molar-refractivity contribution < 1.29 is 9.84 Å². The van der Waals surface area contributed by atoms with Gasteiger partial charge in [0.05, 0.1) is 12.1 Å². The quantitative estimate of drug-likeness (QED) is 0.588. The second kappa shape index (κ2) is 10.3. The van der Waals surface area contributed by atoms with Gasteiger partial charge < -0.3 is 9.84 Å². The van der Waals surface area contributed by atoms with E-state index in [1.54, 1.807) is 12.1 Å². The van der Waals surface area contributed by atoms with E-state index in [-0.39, 0.29) is 5.92 Å². The van der Waals surface area contributed by atoms with Crippen LogP contribution in [0.25, 0.3) is 0 Å². The summed E-state index contributed by atoms with van der Waals surface area (Å²) in [4.78, 5) is 0. The number of alkyl halides is 2. The predicted molar refractivity (Wildman–Crippen MR) is 84.4 cm³/mol. The molecule has 0 amide bonds. The van der Waals surface area contributed by atoms with E-state index >= 15 is 0 Å². The highest BCUT2D eigenvalue weighted by Crippen LogP contribution is 2.35. The van der Waals surface area contributed by atoms with E-state index in [0.29, 0.717) is 12.2 Å². The van der Waals surface area contributed by atoms with Gasteiger partial charge in [-0.3, -0.25) is 0 Å². The highest BCUT2D eigenvalue weighted by atomic mass is 79.9. The Morgan fingerprint density at radius 1 is 1.35 bits per heavy atom. The number of para-hydroxylation sites is 1. The topological polar surface area (TPSA) is 77.0 Å². The first-order valence-corrected chi connectivity index (χ1v) is 7.23. The average molecular weight is 402 g/mol. The Balaban J connectivity index is 0.000000361. The molecule has 0 saturated carbocycles. The molecule has 1 N–H and O–H groups in total. The minimum Gasteiger partial charge on any atom is -0.512 e. The summed E-state index contributed by atoms with van der Waals surface area (Å²) in [5, 5.41) is 25.1. The summed E-state index contributed by atoms with van der Waals surface area (Å²) in [6.45, 7) is 1.83. The molecule has 106 valence electrons. The third-order valence-corrected chi connectivity index (χ3v) is 4.09. The molecular formula is C14H14Br2N2O2. The van der Waals surface area contributed by atoms with Gasteiger partial charge in [-0.25, -0.2) is 0 Å². The molecule has 0 saturated heterocycles. The number of rotatable bonds is 4. The molecule has 0 aliphatic heterocycles. The molecule has 1 rings (SSSR count). The molecule has 0 aliphatic rings. The van der Waals surface area contributed by atoms with Crippen LogP contribution in [0, 0.1) is 28.6 Å². The van der Waals surface area contributed by atoms with Crippen molar-refractivity contribution >= 4 is 31.9 Å². The van der Waals surface area contributed by atoms with Gasteiger partial charge in [0.2, 0.25) is 0 Å². The van der Waals surface area contributed by atoms with Crippen LogP contribution in [0.5, 0.6) is 5.75 Å². The van der Waals surface area contributed by atoms with E-state index in [1.165, 1.54) is 6.26 Å². The zero-order valence-corrected chi connectivity index (χ0v) is 14.0. The molecule has 0 aromatic heterocycles. The zero-order valence-electron chi connectivity index (χ0n) is 10.8. The van der Waals surface area contributed by atoms with Gasteiger partial charge in [-0.1, -0.05) is 57.0 Å². The Kier molecular flexibility index (Phi) is 9.53. The van der Waals surface area contributed by atoms with E-state index in [0.717, 1.165) is 6.26 Å². The number of aliphatic hydroxyl groups is 1. The lowest BCUT2D eigenvalue weighted by Crippen LogP contribution is -2.18. The summed E-state index contributed by atoms with van der Waals surface area (Å²) in [7, 11) is 0. The molecule has 0 spiro atoms. The highest BCUT2D eigenvalue weighted by molar-refractivity contribution is 9.25. The van der Waals surface area contributed by atoms with Crippen molar-refractivity contribution in [2.75, 3.05) is 0 Å². The zero-order chi connectivity index (χ0) is 15.4. The van der Waals surface area contributed by atoms with Crippen LogP contribution in [0.2, 0.25) is 0 Å². The van der Waals surface area contributed by atoms with Gasteiger partial charge in [-0.2, -0.15) is 10.5 Å². The number of hydrogen-bond acceptors (Lipinski definition) is 4. The summed E-state index contributed by atoms with van der Waals surface area (Å²) in [6.07, 6.45) is 2.44. The Bertz CT molecular complexity index is 490. The second-order valence-electron chi connectivity index (χ2n) is 3.71. The molecular weight excluding hydrogens is 388 g/mol. The first kappa shape index (κ1) is 18.5. The molecule has 1 atom stereocenters. The van der Waals surface area contributed by atoms with Gasteiger partial charge in [0.25, 0.3) is 0 Å². The molecule has 0 bridgehead atoms. The molecule has 6 heteroatoms. The van der Waals surface area contributed by atoms with Gasteiger partial charge >= 0.3 is 0 Å². The van der Waals surface area contributed by atoms with Crippen LogP contribution < -0.4 is 4.74 Å². The number of nitriles is 2. The van der Waals surface area contributed by atoms with E-state index < -0.39 is 3.23 Å². The third kappa shape index (κ3) is 7.83. The largest absolute Gasteiger partial charge is 0.512 e. The van der Waals surface area contributed by atoms with E-state index in [1.807, 2.05) is 37.3 Å². The number of halogens is 2. The maximum absolute atomic E-state index is 8.54. The van der Waals surface area contributed by atoms with Crippen LogP contribution in [-0.4, -0.2) is 8.34 Å². The Morgan fingerprint density at radius 2 is 1.95 bits per heavy atom. The average Bonchev–Trinajstić information content (AvgIpc) is 2.47. The van der Waals surface area contributed by atoms with E-state index in [9.17, 15) is 0 Å². The fourth-order valence-electron chi connectivity index (χ4n) is 0.983. The van der Waals surface area contributed by atoms with Crippen LogP contribution in [0.3, 0.4) is 0 Å². The number of benzene rings is 1. The van der Waals surface area contributed by atoms with Crippen molar-refractivity contribution in [1.82, 2.24) is 0 Å². The van der Waals surface area contributed by atoms with Gasteiger partial charge in [-0.15, -0.1) is 0 Å². The van der Waals surface area contributed by atoms with Crippen LogP contribution in [0.4, 0.5) is 0 Å². The predicted octanol–water partition coefficient (Wildman–Crippen LogP) is 4.64. The van der Waals surface area contributed by atoms with Crippen LogP contribution in [-0.2, 0) is 0 Å². The number of nitrogens with zero attached hydrogens (tertiary/aromatic N) is 2. The van der Waals surface area contributed by atoms with E-state index in [2.05, 4.69) is 31.9 Å². The van der Waals surface area contributed by atoms with Crippen molar-refractivity contribution in [3.8, 4) is 17.9 Å². The smallest absolute Gasteiger partial charge is 0.169 e. The Labute approximate surface area is 135 Å². The van der Waals surface area contributed by atoms with Crippen molar-refractivity contribution in [3.05, 3.63) is 42.9 Å². The molecule has 1 aromatic rings. The molecule has 0 aliphatic carbocycles. The minimum absolute atomic E-state index is 0.0116. The van der Waals surface area contributed by atoms with Crippen LogP contribution >= 0.6 is 31.9 Å². The van der Waals surface area contributed by atoms with Crippen molar-refractivity contribution in [2.45, 2.75) is 16.6 Å². The Hall–Kier alpha value is -1.50. The molecule has 20 heavy (non-hydrogen) atoms. The van der Waals surface area contributed by atoms with Gasteiger partial charge in [0.15, 0.2) is 3.23 Å². The summed E-state index contributed by atoms with van der Waals surface area (Å²) < 4.78 is 4.18. The molecule has 0 heterocycles. The normalized spacial score (nSPS) is 11.7. The third-order valence-electron chi connectivity index (χ3n) is 2.17. The minimum atomic E-state index is -0.740. The number of ether oxygens (including phenoxy) is 1. The second-order valence-corrected chi connectivity index (χ2v) is 7.28. The lowest BCUT2D eigenvalue weighted by atomic mass is 10.1. The molecule has 1 unspecified atom stereocenters. The summed E-state index contributed by atoms with van der Waals surface area (Å²) in [6, 6.07) is 13.2. The molecule has 0 fully saturated rings. The van der Waals surface area contributed by atoms with E-state index in [4.69, 9.17) is 20.4 Å². The molecule has 4 nitrogen and oxygen atoms in total. The fourth-order valence-corrected chi connectivity index (χ4v) is 1.31. The fraction of sp³-hybridized carbons (Fsp3) is 0.286. The lowest BCUT2D eigenvalue weighted by Gasteiger charge is -2.16. The van der Waals surface area contributed by atoms with Gasteiger partial charge in [0, 0.05) is 12.3 Å². The Morgan fingerprint density at radius 3 is 2.40 bits per heavy atom. The summed E-state index contributed by atoms with van der Waals surface area (Å²) in [5.41, 5.74) is 0. The van der Waals surface area contributed by atoms with Gasteiger partial charge in [0.1, 0.15) is 18.3 Å². The maximum Gasteiger partial charge on any atom is 0.169 e. The van der Waals surface area contributed by atoms with Crippen LogP contribution in [0.15, 0.2) is 42.9 Å². The monoisotopic (exact) mass is 400 g/mol. The SMILES string of the molecule is CC(CC#N)C(Br)(Br)C#N.OC=COc1ccccc1. The first-order valence-electron chi connectivity index (χ1n) is 5.65. The molecule has 0 radical (unpaired) electrons. The number of hydrogen-bond donors (Lipinski definition) is 1. The standard InChI is InChI=1S/C8H8O2.C6H6Br2N2/c9-6-7-10-8-4-2-1-3-5-8;1-5(2-3-9)6(7,8)4-10/h1-7,9H;5H,2H2,1H3. The lowest BCUT2D eigenvalue weighted by molar-refractivity contribution is 0.414. The first-order chi connectivity index (χ1) is 9.47. The maximum atomic E-state index is 8.54. The summed E-state index contributed by atoms with van der Waals surface area (Å²) in [5.74, 6) is 0.704. The van der Waals surface area contributed by atoms with Crippen molar-refractivity contribution in [1.29, 1.82) is 10.5 Å². The van der Waals surface area contributed by atoms with Crippen molar-refractivity contribution in [2.24, 2.45) is 5.92 Å². The van der Waals surface area contributed by atoms with Crippen molar-refractivity contribution in [3.63, 3.8) is 0 Å². The summed E-state index contributed by atoms with van der Waals surface area (Å²) >= 11 is 6.30. The highest BCUT2D eigenvalue weighted by Gasteiger charge is 2.29. The molecule has 1 aromatic carbocycles. The van der Waals surface area contributed by atoms with Gasteiger partial charge in [-0.05, 0) is 12.1 Å². The number of aliphatic hydroxyl groups excluding tert-OH is 1.